The van der Waals surface area contributed by atoms with Crippen molar-refractivity contribution in [3.05, 3.63) is 35.4 Å². The van der Waals surface area contributed by atoms with Gasteiger partial charge in [-0.1, -0.05) is 31.2 Å². The van der Waals surface area contributed by atoms with E-state index in [0.717, 1.165) is 17.7 Å². The molecule has 2 rings (SSSR count). The highest BCUT2D eigenvalue weighted by molar-refractivity contribution is 5.88. The highest BCUT2D eigenvalue weighted by Gasteiger charge is 2.28. The first-order valence-electron chi connectivity index (χ1n) is 6.45. The van der Waals surface area contributed by atoms with Crippen LogP contribution in [0.1, 0.15) is 30.4 Å². The minimum atomic E-state index is -0.993. The molecular weight excluding hydrogens is 244 g/mol. The molecule has 2 atom stereocenters. The van der Waals surface area contributed by atoms with Crippen LogP contribution in [0, 0.1) is 0 Å². The Morgan fingerprint density at radius 1 is 1.47 bits per heavy atom. The Kier molecular flexibility index (Phi) is 4.16. The van der Waals surface area contributed by atoms with Gasteiger partial charge in [0.15, 0.2) is 0 Å². The van der Waals surface area contributed by atoms with E-state index in [2.05, 4.69) is 10.6 Å². The Morgan fingerprint density at radius 2 is 2.21 bits per heavy atom. The third kappa shape index (κ3) is 2.93. The molecule has 1 aliphatic rings. The normalized spacial score (nSPS) is 19.3. The number of fused-ring (bicyclic) bond motifs is 1. The van der Waals surface area contributed by atoms with E-state index in [1.807, 2.05) is 24.3 Å². The van der Waals surface area contributed by atoms with Crippen LogP contribution in [-0.4, -0.2) is 29.6 Å². The minimum Gasteiger partial charge on any atom is -0.480 e. The van der Waals surface area contributed by atoms with Gasteiger partial charge in [0.1, 0.15) is 6.04 Å². The zero-order valence-corrected chi connectivity index (χ0v) is 10.8. The SMILES string of the molecule is CCC(NC(=O)C1CNCc2ccccc21)C(=O)O. The van der Waals surface area contributed by atoms with Gasteiger partial charge in [0.25, 0.3) is 0 Å². The van der Waals surface area contributed by atoms with Gasteiger partial charge in [-0.05, 0) is 17.5 Å². The van der Waals surface area contributed by atoms with Crippen LogP contribution in [-0.2, 0) is 16.1 Å². The Hall–Kier alpha value is -1.88. The fraction of sp³-hybridized carbons (Fsp3) is 0.429. The number of rotatable bonds is 4. The van der Waals surface area contributed by atoms with Gasteiger partial charge in [-0.25, -0.2) is 4.79 Å². The van der Waals surface area contributed by atoms with Gasteiger partial charge in [-0.3, -0.25) is 4.79 Å². The predicted octanol–water partition coefficient (Wildman–Crippen LogP) is 0.853. The first kappa shape index (κ1) is 13.5. The molecule has 0 aliphatic carbocycles. The molecule has 3 N–H and O–H groups in total. The first-order chi connectivity index (χ1) is 9.13. The van der Waals surface area contributed by atoms with E-state index in [4.69, 9.17) is 5.11 Å². The van der Waals surface area contributed by atoms with E-state index in [0.29, 0.717) is 13.0 Å². The number of carbonyl (C=O) groups excluding carboxylic acids is 1. The number of carboxylic acids is 1. The summed E-state index contributed by atoms with van der Waals surface area (Å²) in [6, 6.07) is 6.94. The maximum Gasteiger partial charge on any atom is 0.326 e. The van der Waals surface area contributed by atoms with Crippen LogP contribution in [0.2, 0.25) is 0 Å². The van der Waals surface area contributed by atoms with Crippen molar-refractivity contribution < 1.29 is 14.7 Å². The number of carboxylic acid groups (broad SMARTS) is 1. The largest absolute Gasteiger partial charge is 0.480 e. The molecule has 1 amide bonds. The second kappa shape index (κ2) is 5.84. The molecule has 0 radical (unpaired) electrons. The van der Waals surface area contributed by atoms with Crippen LogP contribution in [0.15, 0.2) is 24.3 Å². The van der Waals surface area contributed by atoms with E-state index in [1.165, 1.54) is 0 Å². The van der Waals surface area contributed by atoms with Gasteiger partial charge in [-0.2, -0.15) is 0 Å². The molecule has 0 fully saturated rings. The third-order valence-electron chi connectivity index (χ3n) is 3.43. The van der Waals surface area contributed by atoms with Crippen LogP contribution < -0.4 is 10.6 Å². The van der Waals surface area contributed by atoms with Gasteiger partial charge in [-0.15, -0.1) is 0 Å². The van der Waals surface area contributed by atoms with Crippen LogP contribution in [0.4, 0.5) is 0 Å². The van der Waals surface area contributed by atoms with Gasteiger partial charge in [0.05, 0.1) is 5.92 Å². The molecular formula is C14H18N2O3. The molecule has 1 heterocycles. The minimum absolute atomic E-state index is 0.228. The number of nitrogens with one attached hydrogen (secondary N) is 2. The summed E-state index contributed by atoms with van der Waals surface area (Å²) in [5.41, 5.74) is 2.08. The highest BCUT2D eigenvalue weighted by atomic mass is 16.4. The van der Waals surface area contributed by atoms with Crippen molar-refractivity contribution in [2.45, 2.75) is 31.8 Å². The van der Waals surface area contributed by atoms with Crippen molar-refractivity contribution in [3.8, 4) is 0 Å². The summed E-state index contributed by atoms with van der Waals surface area (Å²) in [5.74, 6) is -1.54. The number of hydrogen-bond acceptors (Lipinski definition) is 3. The molecule has 1 aromatic carbocycles. The van der Waals surface area contributed by atoms with Crippen molar-refractivity contribution in [2.24, 2.45) is 0 Å². The number of carbonyl (C=O) groups is 2. The second-order valence-electron chi connectivity index (χ2n) is 4.69. The number of benzene rings is 1. The Morgan fingerprint density at radius 3 is 2.89 bits per heavy atom. The fourth-order valence-electron chi connectivity index (χ4n) is 2.34. The Bertz CT molecular complexity index is 487. The summed E-state index contributed by atoms with van der Waals surface area (Å²) >= 11 is 0. The Labute approximate surface area is 112 Å². The third-order valence-corrected chi connectivity index (χ3v) is 3.43. The molecule has 0 aromatic heterocycles. The summed E-state index contributed by atoms with van der Waals surface area (Å²) < 4.78 is 0. The van der Waals surface area contributed by atoms with Crippen LogP contribution >= 0.6 is 0 Å². The molecule has 19 heavy (non-hydrogen) atoms. The van der Waals surface area contributed by atoms with Crippen molar-refractivity contribution in [1.82, 2.24) is 10.6 Å². The first-order valence-corrected chi connectivity index (χ1v) is 6.45. The number of amides is 1. The number of hydrogen-bond donors (Lipinski definition) is 3. The summed E-state index contributed by atoms with van der Waals surface area (Å²) in [4.78, 5) is 23.2. The molecule has 5 nitrogen and oxygen atoms in total. The van der Waals surface area contributed by atoms with E-state index in [9.17, 15) is 9.59 Å². The van der Waals surface area contributed by atoms with Gasteiger partial charge in [0, 0.05) is 13.1 Å². The molecule has 5 heteroatoms. The molecule has 1 aliphatic heterocycles. The van der Waals surface area contributed by atoms with E-state index < -0.39 is 12.0 Å². The number of aliphatic carboxylic acids is 1. The summed E-state index contributed by atoms with van der Waals surface area (Å²) in [6.07, 6.45) is 0.378. The summed E-state index contributed by atoms with van der Waals surface area (Å²) in [6.45, 7) is 3.03. The summed E-state index contributed by atoms with van der Waals surface area (Å²) in [5, 5.41) is 14.8. The molecule has 0 bridgehead atoms. The predicted molar refractivity (Wildman–Crippen MR) is 70.7 cm³/mol. The molecule has 0 saturated carbocycles. The van der Waals surface area contributed by atoms with Crippen LogP contribution in [0.25, 0.3) is 0 Å². The average Bonchev–Trinajstić information content (AvgIpc) is 2.43. The topological polar surface area (TPSA) is 78.4 Å². The maximum absolute atomic E-state index is 12.2. The Balaban J connectivity index is 2.15. The van der Waals surface area contributed by atoms with Crippen LogP contribution in [0.3, 0.4) is 0 Å². The van der Waals surface area contributed by atoms with Crippen molar-refractivity contribution >= 4 is 11.9 Å². The molecule has 0 spiro atoms. The van der Waals surface area contributed by atoms with Crippen molar-refractivity contribution in [1.29, 1.82) is 0 Å². The van der Waals surface area contributed by atoms with E-state index in [-0.39, 0.29) is 11.8 Å². The second-order valence-corrected chi connectivity index (χ2v) is 4.69. The smallest absolute Gasteiger partial charge is 0.326 e. The van der Waals surface area contributed by atoms with E-state index >= 15 is 0 Å². The van der Waals surface area contributed by atoms with Gasteiger partial charge >= 0.3 is 5.97 Å². The van der Waals surface area contributed by atoms with Crippen molar-refractivity contribution in [2.75, 3.05) is 6.54 Å². The molecule has 0 saturated heterocycles. The van der Waals surface area contributed by atoms with Crippen LogP contribution in [0.5, 0.6) is 0 Å². The van der Waals surface area contributed by atoms with Gasteiger partial charge in [0.2, 0.25) is 5.91 Å². The highest BCUT2D eigenvalue weighted by Crippen LogP contribution is 2.24. The molecule has 102 valence electrons. The zero-order valence-electron chi connectivity index (χ0n) is 10.8. The quantitative estimate of drug-likeness (QED) is 0.752. The monoisotopic (exact) mass is 262 g/mol. The lowest BCUT2D eigenvalue weighted by molar-refractivity contribution is -0.142. The van der Waals surface area contributed by atoms with Crippen molar-refractivity contribution in [3.63, 3.8) is 0 Å². The average molecular weight is 262 g/mol. The molecule has 2 unspecified atom stereocenters. The lowest BCUT2D eigenvalue weighted by Gasteiger charge is -2.26. The van der Waals surface area contributed by atoms with Gasteiger partial charge < -0.3 is 15.7 Å². The molecule has 1 aromatic rings. The lowest BCUT2D eigenvalue weighted by atomic mass is 9.90. The maximum atomic E-state index is 12.2. The summed E-state index contributed by atoms with van der Waals surface area (Å²) in [7, 11) is 0. The lowest BCUT2D eigenvalue weighted by Crippen LogP contribution is -2.45. The fourth-order valence-corrected chi connectivity index (χ4v) is 2.34. The van der Waals surface area contributed by atoms with E-state index in [1.54, 1.807) is 6.92 Å². The zero-order chi connectivity index (χ0) is 13.8. The standard InChI is InChI=1S/C14H18N2O3/c1-2-12(14(18)19)16-13(17)11-8-15-7-9-5-3-4-6-10(9)11/h3-6,11-12,15H,2,7-8H2,1H3,(H,16,17)(H,18,19).